The van der Waals surface area contributed by atoms with Crippen LogP contribution in [0.15, 0.2) is 12.5 Å². The minimum Gasteiger partial charge on any atom is -0.480 e. The van der Waals surface area contributed by atoms with Gasteiger partial charge in [0.25, 0.3) is 0 Å². The van der Waals surface area contributed by atoms with Crippen LogP contribution in [0.4, 0.5) is 0 Å². The Kier molecular flexibility index (Phi) is 19.8. The number of H-pyrrole nitrogens is 1. The largest absolute Gasteiger partial charge is 0.480 e. The fourth-order valence-electron chi connectivity index (χ4n) is 7.47. The molecule has 0 radical (unpaired) electrons. The predicted molar refractivity (Wildman–Crippen MR) is 227 cm³/mol. The molecule has 2 fully saturated rings. The molecule has 2 aliphatic heterocycles. The van der Waals surface area contributed by atoms with Gasteiger partial charge < -0.3 is 73.5 Å². The summed E-state index contributed by atoms with van der Waals surface area (Å²) in [6.45, 7) is 8.56. The lowest BCUT2D eigenvalue weighted by Gasteiger charge is -2.33. The van der Waals surface area contributed by atoms with E-state index >= 15 is 0 Å². The molecule has 362 valence electrons. The van der Waals surface area contributed by atoms with Crippen LogP contribution >= 0.6 is 0 Å². The number of nitrogens with zero attached hydrogens (tertiary/aromatic N) is 3. The molecule has 3 heterocycles. The van der Waals surface area contributed by atoms with Crippen LogP contribution < -0.4 is 43.4 Å². The molecule has 9 amide bonds. The maximum Gasteiger partial charge on any atom is 0.326 e. The summed E-state index contributed by atoms with van der Waals surface area (Å²) in [7, 11) is 0. The van der Waals surface area contributed by atoms with E-state index in [0.717, 1.165) is 0 Å². The lowest BCUT2D eigenvalue weighted by atomic mass is 10.0. The van der Waals surface area contributed by atoms with Crippen molar-refractivity contribution in [2.24, 2.45) is 23.3 Å². The van der Waals surface area contributed by atoms with E-state index in [4.69, 9.17) is 11.5 Å². The van der Waals surface area contributed by atoms with Crippen LogP contribution in [0.5, 0.6) is 0 Å². The van der Waals surface area contributed by atoms with Crippen molar-refractivity contribution in [1.29, 1.82) is 0 Å². The lowest BCUT2D eigenvalue weighted by molar-refractivity contribution is -0.148. The van der Waals surface area contributed by atoms with E-state index < -0.39 is 144 Å². The number of likely N-dealkylation sites (tertiary alicyclic amines) is 2. The van der Waals surface area contributed by atoms with Gasteiger partial charge in [0.05, 0.1) is 25.5 Å². The SMILES string of the molecule is CC(C)[C@H](NC(=O)[C@H](CC(N)=O)NC(=O)[C@H](Cc1cnc[nH]1)NC(=O)[C@@H](NC(=O)[C@@H]1CCCN1C(=O)[C@@H]1CCCN1C(=O)[C@H](C)NC(=O)[C@@H](NC(=O)[C@@H](N)CO)[C@@H](C)O)C(C)C)C(=O)O. The van der Waals surface area contributed by atoms with Crippen molar-refractivity contribution in [2.45, 2.75) is 141 Å². The molecule has 0 unspecified atom stereocenters. The van der Waals surface area contributed by atoms with Crippen LogP contribution in [0.1, 0.15) is 79.3 Å². The van der Waals surface area contributed by atoms with Crippen LogP contribution in [0.3, 0.4) is 0 Å². The number of carboxylic acids is 1. The average Bonchev–Trinajstić information content (AvgIpc) is 4.05. The summed E-state index contributed by atoms with van der Waals surface area (Å²) in [5.74, 6) is -9.92. The molecule has 0 bridgehead atoms. The molecular formula is C40H64N12O13. The highest BCUT2D eigenvalue weighted by Crippen LogP contribution is 2.26. The van der Waals surface area contributed by atoms with Gasteiger partial charge >= 0.3 is 5.97 Å². The smallest absolute Gasteiger partial charge is 0.326 e. The second-order valence-electron chi connectivity index (χ2n) is 17.0. The average molecular weight is 921 g/mol. The first-order valence-corrected chi connectivity index (χ1v) is 21.4. The van der Waals surface area contributed by atoms with Crippen LogP contribution in [-0.4, -0.2) is 174 Å². The van der Waals surface area contributed by atoms with Crippen LogP contribution in [0.25, 0.3) is 0 Å². The number of rotatable bonds is 23. The zero-order chi connectivity index (χ0) is 48.9. The minimum atomic E-state index is -1.62. The number of nitrogens with one attached hydrogen (secondary N) is 7. The lowest BCUT2D eigenvalue weighted by Crippen LogP contribution is -2.61. The molecular weight excluding hydrogens is 857 g/mol. The first-order chi connectivity index (χ1) is 30.5. The van der Waals surface area contributed by atoms with Gasteiger partial charge in [-0.1, -0.05) is 27.7 Å². The molecule has 0 saturated carbocycles. The first-order valence-electron chi connectivity index (χ1n) is 21.4. The van der Waals surface area contributed by atoms with Crippen molar-refractivity contribution < 1.29 is 63.3 Å². The number of carbonyl (C=O) groups is 10. The van der Waals surface area contributed by atoms with Crippen molar-refractivity contribution in [2.75, 3.05) is 19.7 Å². The third-order valence-electron chi connectivity index (χ3n) is 11.1. The van der Waals surface area contributed by atoms with Gasteiger partial charge in [0.2, 0.25) is 53.2 Å². The predicted octanol–water partition coefficient (Wildman–Crippen LogP) is -5.16. The van der Waals surface area contributed by atoms with Crippen molar-refractivity contribution >= 4 is 59.1 Å². The fourth-order valence-corrected chi connectivity index (χ4v) is 7.47. The molecule has 0 aromatic carbocycles. The maximum absolute atomic E-state index is 14.1. The second-order valence-corrected chi connectivity index (χ2v) is 17.0. The van der Waals surface area contributed by atoms with Gasteiger partial charge in [0.15, 0.2) is 0 Å². The highest BCUT2D eigenvalue weighted by atomic mass is 16.4. The molecule has 1 aromatic heterocycles. The zero-order valence-corrected chi connectivity index (χ0v) is 37.4. The van der Waals surface area contributed by atoms with Gasteiger partial charge in [-0.05, 0) is 51.4 Å². The molecule has 2 saturated heterocycles. The highest BCUT2D eigenvalue weighted by molar-refractivity contribution is 5.99. The van der Waals surface area contributed by atoms with Crippen LogP contribution in [-0.2, 0) is 54.4 Å². The molecule has 10 atom stereocenters. The monoisotopic (exact) mass is 920 g/mol. The highest BCUT2D eigenvalue weighted by Gasteiger charge is 2.44. The van der Waals surface area contributed by atoms with E-state index in [1.165, 1.54) is 36.2 Å². The number of hydrogen-bond acceptors (Lipinski definition) is 14. The molecule has 14 N–H and O–H groups in total. The molecule has 25 heteroatoms. The number of carboxylic acid groups (broad SMARTS) is 1. The van der Waals surface area contributed by atoms with Gasteiger partial charge in [0.1, 0.15) is 54.4 Å². The Morgan fingerprint density at radius 1 is 0.738 bits per heavy atom. The molecule has 2 aliphatic rings. The number of nitrogens with two attached hydrogens (primary N) is 2. The quantitative estimate of drug-likeness (QED) is 0.0488. The van der Waals surface area contributed by atoms with E-state index in [-0.39, 0.29) is 32.4 Å². The normalized spacial score (nSPS) is 19.7. The van der Waals surface area contributed by atoms with Gasteiger partial charge in [-0.25, -0.2) is 9.78 Å². The van der Waals surface area contributed by atoms with Crippen molar-refractivity contribution in [3.63, 3.8) is 0 Å². The van der Waals surface area contributed by atoms with Gasteiger partial charge in [-0.3, -0.25) is 43.2 Å². The van der Waals surface area contributed by atoms with Crippen LogP contribution in [0.2, 0.25) is 0 Å². The summed E-state index contributed by atoms with van der Waals surface area (Å²) in [5.41, 5.74) is 11.2. The van der Waals surface area contributed by atoms with E-state index in [2.05, 4.69) is 41.9 Å². The van der Waals surface area contributed by atoms with Gasteiger partial charge in [-0.2, -0.15) is 0 Å². The summed E-state index contributed by atoms with van der Waals surface area (Å²) in [5, 5.41) is 43.6. The minimum absolute atomic E-state index is 0.152. The number of aliphatic hydroxyl groups excluding tert-OH is 2. The molecule has 25 nitrogen and oxygen atoms in total. The Balaban J connectivity index is 1.75. The Bertz CT molecular complexity index is 1890. The number of primary amides is 1. The number of aromatic amines is 1. The fraction of sp³-hybridized carbons (Fsp3) is 0.675. The number of amides is 9. The topological polar surface area (TPSA) is 391 Å². The standard InChI is InChI=1S/C40H64N12O13/c1-18(2)29(36(60)47-24(13-22-15-43-17-44-22)33(57)46-25(14-28(42)55)34(58)49-30(19(3)4)40(64)65)48-35(59)26-9-7-11-51(26)39(63)27-10-8-12-52(27)38(62)20(5)45-37(61)31(21(6)54)50-32(56)23(41)16-53/h15,17-21,23-27,29-31,53-54H,7-14,16,41H2,1-6H3,(H2,42,55)(H,43,44)(H,45,61)(H,46,57)(H,47,60)(H,48,59)(H,49,58)(H,50,56)(H,64,65)/t20-,21+,23-,24-,25-,26-,27-,29-,30-,31-/m0/s1. The van der Waals surface area contributed by atoms with Crippen molar-refractivity contribution in [1.82, 2.24) is 51.7 Å². The number of aliphatic hydroxyl groups is 2. The summed E-state index contributed by atoms with van der Waals surface area (Å²) in [6, 6.07) is -11.8. The number of aliphatic carboxylic acids is 1. The number of carbonyl (C=O) groups excluding carboxylic acids is 9. The Morgan fingerprint density at radius 3 is 1.83 bits per heavy atom. The van der Waals surface area contributed by atoms with E-state index in [9.17, 15) is 63.3 Å². The van der Waals surface area contributed by atoms with E-state index in [1.54, 1.807) is 27.7 Å². The third-order valence-corrected chi connectivity index (χ3v) is 11.1. The zero-order valence-electron chi connectivity index (χ0n) is 37.4. The Morgan fingerprint density at radius 2 is 1.29 bits per heavy atom. The number of aromatic nitrogens is 2. The Hall–Kier alpha value is -6.21. The van der Waals surface area contributed by atoms with E-state index in [1.807, 2.05) is 0 Å². The second kappa shape index (κ2) is 24.2. The summed E-state index contributed by atoms with van der Waals surface area (Å²) in [6.07, 6.45) is 1.71. The molecule has 0 spiro atoms. The van der Waals surface area contributed by atoms with Crippen molar-refractivity contribution in [3.05, 3.63) is 18.2 Å². The molecule has 0 aliphatic carbocycles. The number of hydrogen-bond donors (Lipinski definition) is 12. The molecule has 1 aromatic rings. The summed E-state index contributed by atoms with van der Waals surface area (Å²) < 4.78 is 0. The summed E-state index contributed by atoms with van der Waals surface area (Å²) in [4.78, 5) is 141. The molecule has 65 heavy (non-hydrogen) atoms. The van der Waals surface area contributed by atoms with Gasteiger partial charge in [0, 0.05) is 31.4 Å². The Labute approximate surface area is 375 Å². The third kappa shape index (κ3) is 14.7. The van der Waals surface area contributed by atoms with Crippen molar-refractivity contribution in [3.8, 4) is 0 Å². The maximum atomic E-state index is 14.1. The van der Waals surface area contributed by atoms with Gasteiger partial charge in [-0.15, -0.1) is 0 Å². The molecule has 3 rings (SSSR count). The summed E-state index contributed by atoms with van der Waals surface area (Å²) >= 11 is 0. The number of imidazole rings is 1. The first kappa shape index (κ1) is 53.1. The van der Waals surface area contributed by atoms with Crippen LogP contribution in [0, 0.1) is 11.8 Å². The van der Waals surface area contributed by atoms with E-state index in [0.29, 0.717) is 18.5 Å².